The molecule has 2 saturated heterocycles. The van der Waals surface area contributed by atoms with Crippen LogP contribution in [0.1, 0.15) is 11.4 Å². The summed E-state index contributed by atoms with van der Waals surface area (Å²) in [7, 11) is 0. The van der Waals surface area contributed by atoms with Gasteiger partial charge >= 0.3 is 6.09 Å². The van der Waals surface area contributed by atoms with E-state index in [9.17, 15) is 9.59 Å². The van der Waals surface area contributed by atoms with E-state index in [1.54, 1.807) is 11.1 Å². The molecule has 2 fully saturated rings. The van der Waals surface area contributed by atoms with Crippen LogP contribution < -0.4 is 0 Å². The summed E-state index contributed by atoms with van der Waals surface area (Å²) < 4.78 is 5.03. The number of hydrogen-bond acceptors (Lipinski definition) is 7. The highest BCUT2D eigenvalue weighted by molar-refractivity contribution is 7.11. The highest BCUT2D eigenvalue weighted by Gasteiger charge is 2.41. The van der Waals surface area contributed by atoms with Crippen molar-refractivity contribution in [2.24, 2.45) is 4.99 Å². The zero-order valence-corrected chi connectivity index (χ0v) is 12.6. The van der Waals surface area contributed by atoms with Crippen LogP contribution in [0.4, 0.5) is 4.79 Å². The quantitative estimate of drug-likeness (QED) is 0.774. The Kier molecular flexibility index (Phi) is 3.18. The summed E-state index contributed by atoms with van der Waals surface area (Å²) in [4.78, 5) is 35.7. The zero-order chi connectivity index (χ0) is 15.1. The maximum atomic E-state index is 11.8. The molecule has 1 amide bonds. The fourth-order valence-corrected chi connectivity index (χ4v) is 3.79. The molecule has 7 nitrogen and oxygen atoms in total. The summed E-state index contributed by atoms with van der Waals surface area (Å²) in [6.07, 6.45) is 3.00. The number of amidine groups is 1. The number of aliphatic imine (C=N–C) groups is 1. The van der Waals surface area contributed by atoms with Crippen molar-refractivity contribution in [1.82, 2.24) is 14.8 Å². The lowest BCUT2D eigenvalue weighted by molar-refractivity contribution is -0.105. The zero-order valence-electron chi connectivity index (χ0n) is 11.8. The fourth-order valence-electron chi connectivity index (χ4n) is 3.14. The Morgan fingerprint density at radius 2 is 2.36 bits per heavy atom. The van der Waals surface area contributed by atoms with Crippen molar-refractivity contribution in [3.05, 3.63) is 27.9 Å². The molecule has 1 unspecified atom stereocenters. The number of amides is 1. The van der Waals surface area contributed by atoms with Gasteiger partial charge in [-0.3, -0.25) is 14.7 Å². The lowest BCUT2D eigenvalue weighted by Crippen LogP contribution is -2.40. The summed E-state index contributed by atoms with van der Waals surface area (Å²) in [5, 5.41) is 2.74. The standard InChI is InChI=1S/C14H14N4O3S/c19-8-9-6-16-12(13-15-1-4-22-13)18-7-10(5-11(9)18)17-2-3-21-14(17)20/h1,4,8,10H,2-3,5-7H2. The summed E-state index contributed by atoms with van der Waals surface area (Å²) in [5.41, 5.74) is 1.65. The number of ether oxygens (including phenoxy) is 1. The number of nitrogens with zero attached hydrogens (tertiary/aromatic N) is 4. The molecule has 1 aromatic rings. The SMILES string of the molecule is O=CC1=C2CC(N3CCOC3=O)CN2C(c2nccs2)=NC1. The van der Waals surface area contributed by atoms with E-state index in [0.717, 1.165) is 22.8 Å². The molecule has 22 heavy (non-hydrogen) atoms. The first-order valence-electron chi connectivity index (χ1n) is 7.10. The Balaban J connectivity index is 1.66. The molecule has 0 radical (unpaired) electrons. The van der Waals surface area contributed by atoms with Gasteiger partial charge in [-0.25, -0.2) is 9.78 Å². The van der Waals surface area contributed by atoms with E-state index < -0.39 is 0 Å². The highest BCUT2D eigenvalue weighted by atomic mass is 32.1. The lowest BCUT2D eigenvalue weighted by Gasteiger charge is -2.26. The molecule has 0 aromatic carbocycles. The number of rotatable bonds is 3. The molecule has 0 aliphatic carbocycles. The van der Waals surface area contributed by atoms with E-state index in [1.807, 2.05) is 10.3 Å². The lowest BCUT2D eigenvalue weighted by atomic mass is 10.1. The Hall–Kier alpha value is -2.22. The summed E-state index contributed by atoms with van der Waals surface area (Å²) in [6, 6.07) is 0.0169. The minimum absolute atomic E-state index is 0.0169. The van der Waals surface area contributed by atoms with Crippen LogP contribution >= 0.6 is 11.3 Å². The molecule has 0 N–H and O–H groups in total. The Labute approximate surface area is 130 Å². The monoisotopic (exact) mass is 318 g/mol. The van der Waals surface area contributed by atoms with Crippen molar-refractivity contribution in [3.8, 4) is 0 Å². The fraction of sp³-hybridized carbons (Fsp3) is 0.429. The van der Waals surface area contributed by atoms with Gasteiger partial charge in [-0.2, -0.15) is 0 Å². The van der Waals surface area contributed by atoms with Gasteiger partial charge in [0.2, 0.25) is 0 Å². The van der Waals surface area contributed by atoms with Crippen LogP contribution in [0.5, 0.6) is 0 Å². The van der Waals surface area contributed by atoms with Gasteiger partial charge in [0.1, 0.15) is 12.9 Å². The number of carbonyl (C=O) groups excluding carboxylic acids is 2. The third-order valence-corrected chi connectivity index (χ3v) is 4.94. The number of cyclic esters (lactones) is 1. The topological polar surface area (TPSA) is 75.1 Å². The van der Waals surface area contributed by atoms with Crippen LogP contribution in [0.3, 0.4) is 0 Å². The first-order valence-corrected chi connectivity index (χ1v) is 7.98. The third kappa shape index (κ3) is 2.02. The molecule has 1 atom stereocenters. The molecule has 114 valence electrons. The van der Waals surface area contributed by atoms with Crippen LogP contribution in [-0.4, -0.2) is 65.3 Å². The largest absolute Gasteiger partial charge is 0.448 e. The Morgan fingerprint density at radius 1 is 1.45 bits per heavy atom. The smallest absolute Gasteiger partial charge is 0.410 e. The molecule has 8 heteroatoms. The van der Waals surface area contributed by atoms with Crippen LogP contribution in [-0.2, 0) is 9.53 Å². The van der Waals surface area contributed by atoms with Gasteiger partial charge in [0.15, 0.2) is 10.8 Å². The highest BCUT2D eigenvalue weighted by Crippen LogP contribution is 2.33. The van der Waals surface area contributed by atoms with E-state index in [0.29, 0.717) is 38.2 Å². The van der Waals surface area contributed by atoms with Crippen molar-refractivity contribution < 1.29 is 14.3 Å². The molecule has 1 aromatic heterocycles. The van der Waals surface area contributed by atoms with Gasteiger partial charge < -0.3 is 9.64 Å². The van der Waals surface area contributed by atoms with Crippen molar-refractivity contribution in [1.29, 1.82) is 0 Å². The predicted octanol–water partition coefficient (Wildman–Crippen LogP) is 0.883. The van der Waals surface area contributed by atoms with Gasteiger partial charge in [-0.1, -0.05) is 0 Å². The number of thiazole rings is 1. The Bertz CT molecular complexity index is 682. The average molecular weight is 318 g/mol. The number of fused-ring (bicyclic) bond motifs is 1. The maximum absolute atomic E-state index is 11.8. The minimum Gasteiger partial charge on any atom is -0.448 e. The second kappa shape index (κ2) is 5.20. The van der Waals surface area contributed by atoms with Gasteiger partial charge in [-0.05, 0) is 0 Å². The van der Waals surface area contributed by atoms with Crippen LogP contribution in [0.15, 0.2) is 27.8 Å². The first-order chi connectivity index (χ1) is 10.8. The van der Waals surface area contributed by atoms with Crippen LogP contribution in [0, 0.1) is 0 Å². The molecule has 0 spiro atoms. The number of hydrogen-bond donors (Lipinski definition) is 0. The summed E-state index contributed by atoms with van der Waals surface area (Å²) in [6.45, 7) is 2.04. The second-order valence-electron chi connectivity index (χ2n) is 5.34. The molecule has 4 rings (SSSR count). The molecule has 4 heterocycles. The molecule has 0 saturated carbocycles. The van der Waals surface area contributed by atoms with E-state index in [1.165, 1.54) is 11.3 Å². The predicted molar refractivity (Wildman–Crippen MR) is 79.8 cm³/mol. The van der Waals surface area contributed by atoms with Crippen molar-refractivity contribution in [2.45, 2.75) is 12.5 Å². The van der Waals surface area contributed by atoms with Crippen molar-refractivity contribution >= 4 is 29.6 Å². The third-order valence-electron chi connectivity index (χ3n) is 4.17. The Morgan fingerprint density at radius 3 is 3.05 bits per heavy atom. The van der Waals surface area contributed by atoms with Crippen LogP contribution in [0.25, 0.3) is 0 Å². The van der Waals surface area contributed by atoms with Gasteiger partial charge in [0, 0.05) is 35.8 Å². The normalized spacial score (nSPS) is 24.5. The minimum atomic E-state index is -0.272. The molecule has 3 aliphatic rings. The first kappa shape index (κ1) is 13.4. The second-order valence-corrected chi connectivity index (χ2v) is 6.24. The van der Waals surface area contributed by atoms with Crippen LogP contribution in [0.2, 0.25) is 0 Å². The number of carbonyl (C=O) groups is 2. The maximum Gasteiger partial charge on any atom is 0.410 e. The number of aromatic nitrogens is 1. The van der Waals surface area contributed by atoms with Crippen molar-refractivity contribution in [2.75, 3.05) is 26.2 Å². The van der Waals surface area contributed by atoms with Gasteiger partial charge in [0.05, 0.1) is 19.1 Å². The molecule has 3 aliphatic heterocycles. The van der Waals surface area contributed by atoms with Gasteiger partial charge in [0.25, 0.3) is 0 Å². The summed E-state index contributed by atoms with van der Waals surface area (Å²) >= 11 is 1.52. The summed E-state index contributed by atoms with van der Waals surface area (Å²) in [5.74, 6) is 0.797. The van der Waals surface area contributed by atoms with E-state index >= 15 is 0 Å². The van der Waals surface area contributed by atoms with E-state index in [-0.39, 0.29) is 12.1 Å². The van der Waals surface area contributed by atoms with Crippen molar-refractivity contribution in [3.63, 3.8) is 0 Å². The molecular formula is C14H14N4O3S. The molecule has 0 bridgehead atoms. The van der Waals surface area contributed by atoms with E-state index in [2.05, 4.69) is 9.98 Å². The van der Waals surface area contributed by atoms with Gasteiger partial charge in [-0.15, -0.1) is 11.3 Å². The van der Waals surface area contributed by atoms with E-state index in [4.69, 9.17) is 4.74 Å². The molecular weight excluding hydrogens is 304 g/mol. The number of aldehydes is 1. The average Bonchev–Trinajstić information content (AvgIpc) is 3.25.